The first kappa shape index (κ1) is 18.5. The Bertz CT molecular complexity index is 651. The summed E-state index contributed by atoms with van der Waals surface area (Å²) in [6, 6.07) is 10.5. The van der Waals surface area contributed by atoms with Crippen molar-refractivity contribution in [3.8, 4) is 12.1 Å². The first-order valence-electron chi connectivity index (χ1n) is 6.96. The van der Waals surface area contributed by atoms with Crippen molar-refractivity contribution in [2.75, 3.05) is 19.7 Å². The number of ether oxygens (including phenoxy) is 1. The number of allylic oxidation sites excluding steroid dienone is 3. The Hall–Kier alpha value is -2.57. The highest BCUT2D eigenvalue weighted by molar-refractivity contribution is 9.10. The molecule has 0 unspecified atom stereocenters. The molecule has 23 heavy (non-hydrogen) atoms. The molecule has 118 valence electrons. The van der Waals surface area contributed by atoms with Gasteiger partial charge in [-0.05, 0) is 49.5 Å². The second-order valence-electron chi connectivity index (χ2n) is 4.42. The summed E-state index contributed by atoms with van der Waals surface area (Å²) in [4.78, 5) is 13.8. The minimum absolute atomic E-state index is 0.0407. The fourth-order valence-electron chi connectivity index (χ4n) is 1.62. The third-order valence-corrected chi connectivity index (χ3v) is 3.43. The van der Waals surface area contributed by atoms with Crippen molar-refractivity contribution in [3.63, 3.8) is 0 Å². The number of nitriles is 2. The van der Waals surface area contributed by atoms with Crippen LogP contribution in [0.5, 0.6) is 0 Å². The largest absolute Gasteiger partial charge is 0.460 e. The molecule has 0 saturated carbocycles. The fourth-order valence-corrected chi connectivity index (χ4v) is 1.89. The van der Waals surface area contributed by atoms with Crippen molar-refractivity contribution in [3.05, 3.63) is 58.2 Å². The van der Waals surface area contributed by atoms with E-state index in [0.717, 1.165) is 4.47 Å². The van der Waals surface area contributed by atoms with Gasteiger partial charge in [0, 0.05) is 11.0 Å². The first-order chi connectivity index (χ1) is 11.1. The van der Waals surface area contributed by atoms with Crippen LogP contribution >= 0.6 is 15.9 Å². The van der Waals surface area contributed by atoms with Gasteiger partial charge >= 0.3 is 5.97 Å². The maximum atomic E-state index is 11.9. The summed E-state index contributed by atoms with van der Waals surface area (Å²) in [7, 11) is 0. The van der Waals surface area contributed by atoms with Crippen LogP contribution in [-0.2, 0) is 4.74 Å². The molecule has 0 aliphatic heterocycles. The molecule has 0 atom stereocenters. The lowest BCUT2D eigenvalue weighted by Gasteiger charge is -2.17. The average Bonchev–Trinajstić information content (AvgIpc) is 2.57. The van der Waals surface area contributed by atoms with Crippen LogP contribution in [-0.4, -0.2) is 30.6 Å². The highest BCUT2D eigenvalue weighted by Gasteiger charge is 2.07. The fraction of sp³-hybridized carbons (Fsp3) is 0.235. The molecule has 0 saturated heterocycles. The highest BCUT2D eigenvalue weighted by Crippen LogP contribution is 2.11. The Morgan fingerprint density at radius 1 is 1.30 bits per heavy atom. The van der Waals surface area contributed by atoms with Gasteiger partial charge in [-0.1, -0.05) is 15.9 Å². The molecule has 0 bridgehead atoms. The van der Waals surface area contributed by atoms with E-state index in [1.165, 1.54) is 6.08 Å². The van der Waals surface area contributed by atoms with Gasteiger partial charge in [0.05, 0.1) is 12.1 Å². The van der Waals surface area contributed by atoms with Gasteiger partial charge in [-0.25, -0.2) is 4.79 Å². The molecule has 0 fully saturated rings. The third-order valence-electron chi connectivity index (χ3n) is 2.90. The van der Waals surface area contributed by atoms with E-state index in [1.807, 2.05) is 11.8 Å². The number of hydrogen-bond donors (Lipinski definition) is 0. The normalized spacial score (nSPS) is 9.74. The summed E-state index contributed by atoms with van der Waals surface area (Å²) in [5.74, 6) is -0.367. The summed E-state index contributed by atoms with van der Waals surface area (Å²) >= 11 is 3.31. The lowest BCUT2D eigenvalue weighted by molar-refractivity contribution is 0.0481. The zero-order chi connectivity index (χ0) is 17.1. The van der Waals surface area contributed by atoms with Crippen molar-refractivity contribution in [1.29, 1.82) is 10.5 Å². The number of nitrogens with zero attached hydrogens (tertiary/aromatic N) is 3. The number of carbonyl (C=O) groups excluding carboxylic acids is 1. The van der Waals surface area contributed by atoms with Gasteiger partial charge in [0.15, 0.2) is 0 Å². The third kappa shape index (κ3) is 6.82. The van der Waals surface area contributed by atoms with Gasteiger partial charge < -0.3 is 9.64 Å². The van der Waals surface area contributed by atoms with Crippen LogP contribution in [0.2, 0.25) is 0 Å². The Labute approximate surface area is 144 Å². The van der Waals surface area contributed by atoms with Crippen LogP contribution in [0.4, 0.5) is 0 Å². The Morgan fingerprint density at radius 3 is 2.52 bits per heavy atom. The molecule has 0 radical (unpaired) electrons. The standard InChI is InChI=1S/C17H16BrN3O2/c1-2-21(9-3-4-14(12-19)13-20)10-11-23-17(22)15-5-7-16(18)8-6-15/h3-9H,2,10-11H2,1H3. The van der Waals surface area contributed by atoms with Crippen LogP contribution in [0.1, 0.15) is 17.3 Å². The number of esters is 1. The monoisotopic (exact) mass is 373 g/mol. The van der Waals surface area contributed by atoms with Gasteiger partial charge in [0.2, 0.25) is 0 Å². The van der Waals surface area contributed by atoms with E-state index in [2.05, 4.69) is 15.9 Å². The Balaban J connectivity index is 2.46. The first-order valence-corrected chi connectivity index (χ1v) is 7.75. The number of benzene rings is 1. The van der Waals surface area contributed by atoms with Gasteiger partial charge in [0.1, 0.15) is 24.3 Å². The second-order valence-corrected chi connectivity index (χ2v) is 5.33. The number of carbonyl (C=O) groups is 1. The van der Waals surface area contributed by atoms with Crippen molar-refractivity contribution in [2.24, 2.45) is 0 Å². The number of halogens is 1. The summed E-state index contributed by atoms with van der Waals surface area (Å²) in [6.07, 6.45) is 4.82. The maximum Gasteiger partial charge on any atom is 0.338 e. The van der Waals surface area contributed by atoms with Gasteiger partial charge in [-0.2, -0.15) is 10.5 Å². The summed E-state index contributed by atoms with van der Waals surface area (Å²) < 4.78 is 6.12. The molecule has 0 spiro atoms. The van der Waals surface area contributed by atoms with Crippen molar-refractivity contribution < 1.29 is 9.53 Å². The molecule has 6 heteroatoms. The van der Waals surface area contributed by atoms with Gasteiger partial charge in [-0.15, -0.1) is 0 Å². The lowest BCUT2D eigenvalue weighted by atomic mass is 10.2. The van der Waals surface area contributed by atoms with Crippen LogP contribution in [0, 0.1) is 22.7 Å². The van der Waals surface area contributed by atoms with Crippen molar-refractivity contribution >= 4 is 21.9 Å². The van der Waals surface area contributed by atoms with Gasteiger partial charge in [-0.3, -0.25) is 0 Å². The molecular weight excluding hydrogens is 358 g/mol. The molecule has 0 aromatic heterocycles. The summed E-state index contributed by atoms with van der Waals surface area (Å²) in [6.45, 7) is 3.45. The lowest BCUT2D eigenvalue weighted by Crippen LogP contribution is -2.23. The van der Waals surface area contributed by atoms with E-state index in [1.54, 1.807) is 48.7 Å². The predicted octanol–water partition coefficient (Wildman–Crippen LogP) is 3.42. The molecule has 0 aliphatic carbocycles. The SMILES string of the molecule is CCN(C=CC=C(C#N)C#N)CCOC(=O)c1ccc(Br)cc1. The minimum Gasteiger partial charge on any atom is -0.460 e. The summed E-state index contributed by atoms with van der Waals surface area (Å²) in [5.41, 5.74) is 0.543. The van der Waals surface area contributed by atoms with E-state index >= 15 is 0 Å². The van der Waals surface area contributed by atoms with Crippen molar-refractivity contribution in [2.45, 2.75) is 6.92 Å². The second kappa shape index (κ2) is 10.2. The molecule has 1 aromatic rings. The van der Waals surface area contributed by atoms with Crippen molar-refractivity contribution in [1.82, 2.24) is 4.90 Å². The minimum atomic E-state index is -0.367. The molecule has 0 amide bonds. The van der Waals surface area contributed by atoms with Crippen LogP contribution < -0.4 is 0 Å². The zero-order valence-electron chi connectivity index (χ0n) is 12.7. The van der Waals surface area contributed by atoms with E-state index in [9.17, 15) is 4.79 Å². The van der Waals surface area contributed by atoms with Crippen LogP contribution in [0.3, 0.4) is 0 Å². The Morgan fingerprint density at radius 2 is 1.96 bits per heavy atom. The average molecular weight is 374 g/mol. The maximum absolute atomic E-state index is 11.9. The number of hydrogen-bond acceptors (Lipinski definition) is 5. The molecule has 1 rings (SSSR count). The highest BCUT2D eigenvalue weighted by atomic mass is 79.9. The number of likely N-dealkylation sites (N-methyl/N-ethyl adjacent to an activating group) is 1. The molecular formula is C17H16BrN3O2. The van der Waals surface area contributed by atoms with Gasteiger partial charge in [0.25, 0.3) is 0 Å². The molecule has 0 N–H and O–H groups in total. The predicted molar refractivity (Wildman–Crippen MR) is 90.1 cm³/mol. The van der Waals surface area contributed by atoms with E-state index < -0.39 is 0 Å². The molecule has 0 heterocycles. The smallest absolute Gasteiger partial charge is 0.338 e. The summed E-state index contributed by atoms with van der Waals surface area (Å²) in [5, 5.41) is 17.3. The van der Waals surface area contributed by atoms with E-state index in [4.69, 9.17) is 15.3 Å². The van der Waals surface area contributed by atoms with E-state index in [-0.39, 0.29) is 18.1 Å². The van der Waals surface area contributed by atoms with E-state index in [0.29, 0.717) is 18.7 Å². The molecule has 0 aliphatic rings. The molecule has 1 aromatic carbocycles. The quantitative estimate of drug-likeness (QED) is 0.415. The topological polar surface area (TPSA) is 77.1 Å². The number of rotatable bonds is 7. The Kier molecular flexibility index (Phi) is 8.20. The zero-order valence-corrected chi connectivity index (χ0v) is 14.3. The molecule has 5 nitrogen and oxygen atoms in total. The van der Waals surface area contributed by atoms with Crippen LogP contribution in [0.15, 0.2) is 52.7 Å². The van der Waals surface area contributed by atoms with Crippen LogP contribution in [0.25, 0.3) is 0 Å².